The van der Waals surface area contributed by atoms with E-state index < -0.39 is 0 Å². The molecule has 0 aliphatic heterocycles. The van der Waals surface area contributed by atoms with Crippen LogP contribution in [-0.4, -0.2) is 12.1 Å². The molecule has 0 spiro atoms. The number of aromatic nitrogens is 1. The molecule has 100 valence electrons. The lowest BCUT2D eigenvalue weighted by Crippen LogP contribution is -2.05. The summed E-state index contributed by atoms with van der Waals surface area (Å²) < 4.78 is 7.13. The van der Waals surface area contributed by atoms with Gasteiger partial charge in [-0.25, -0.2) is 0 Å². The molecule has 0 aliphatic rings. The van der Waals surface area contributed by atoms with Crippen LogP contribution < -0.4 is 5.32 Å². The predicted octanol–water partition coefficient (Wildman–Crippen LogP) is 4.37. The first kappa shape index (κ1) is 14.5. The fraction of sp³-hybridized carbons (Fsp3) is 0.214. The van der Waals surface area contributed by atoms with Gasteiger partial charge in [-0.05, 0) is 44.0 Å². The molecule has 1 aromatic carbocycles. The van der Waals surface area contributed by atoms with Crippen molar-refractivity contribution in [2.45, 2.75) is 13.2 Å². The van der Waals surface area contributed by atoms with Crippen molar-refractivity contribution in [2.75, 3.05) is 12.4 Å². The van der Waals surface area contributed by atoms with Crippen molar-refractivity contribution in [2.24, 2.45) is 0 Å². The monoisotopic (exact) mass is 384 g/mol. The number of anilines is 1. The normalized spacial score (nSPS) is 10.5. The van der Waals surface area contributed by atoms with Crippen molar-refractivity contribution in [1.82, 2.24) is 4.98 Å². The predicted molar refractivity (Wildman–Crippen MR) is 84.1 cm³/mol. The first-order valence-corrected chi connectivity index (χ1v) is 7.40. The number of nitrogens with zero attached hydrogens (tertiary/aromatic N) is 1. The van der Waals surface area contributed by atoms with Crippen LogP contribution in [0.3, 0.4) is 0 Å². The van der Waals surface area contributed by atoms with Crippen LogP contribution in [-0.2, 0) is 17.9 Å². The van der Waals surface area contributed by atoms with Crippen molar-refractivity contribution in [3.63, 3.8) is 0 Å². The van der Waals surface area contributed by atoms with E-state index in [2.05, 4.69) is 48.2 Å². The van der Waals surface area contributed by atoms with Gasteiger partial charge in [-0.15, -0.1) is 0 Å². The smallest absolute Gasteiger partial charge is 0.0737 e. The Morgan fingerprint density at radius 3 is 2.79 bits per heavy atom. The molecule has 0 amide bonds. The van der Waals surface area contributed by atoms with Crippen LogP contribution in [0.25, 0.3) is 0 Å². The standard InChI is InChI=1S/C14H14Br2N2O/c1-19-9-10-4-2-3-5-13(10)18-8-14-12(16)6-11(15)7-17-14/h2-7,18H,8-9H2,1H3. The van der Waals surface area contributed by atoms with Crippen molar-refractivity contribution in [3.05, 3.63) is 56.7 Å². The van der Waals surface area contributed by atoms with E-state index >= 15 is 0 Å². The average Bonchev–Trinajstić information content (AvgIpc) is 2.40. The third-order valence-corrected chi connectivity index (χ3v) is 3.77. The number of rotatable bonds is 5. The molecule has 2 rings (SSSR count). The number of methoxy groups -OCH3 is 1. The number of benzene rings is 1. The Bertz CT molecular complexity index is 561. The molecule has 0 atom stereocenters. The Labute approximate surface area is 129 Å². The summed E-state index contributed by atoms with van der Waals surface area (Å²) in [6.45, 7) is 1.26. The molecular formula is C14H14Br2N2O. The zero-order chi connectivity index (χ0) is 13.7. The molecule has 0 saturated carbocycles. The number of halogens is 2. The molecule has 2 aromatic rings. The molecule has 19 heavy (non-hydrogen) atoms. The second kappa shape index (κ2) is 7.03. The van der Waals surface area contributed by atoms with Crippen LogP contribution in [0.1, 0.15) is 11.3 Å². The van der Waals surface area contributed by atoms with E-state index in [1.54, 1.807) is 13.3 Å². The van der Waals surface area contributed by atoms with Crippen molar-refractivity contribution in [1.29, 1.82) is 0 Å². The Hall–Kier alpha value is -0.910. The van der Waals surface area contributed by atoms with Gasteiger partial charge in [0.05, 0.1) is 18.8 Å². The van der Waals surface area contributed by atoms with Gasteiger partial charge in [-0.2, -0.15) is 0 Å². The molecule has 5 heteroatoms. The largest absolute Gasteiger partial charge is 0.380 e. The zero-order valence-electron chi connectivity index (χ0n) is 10.5. The van der Waals surface area contributed by atoms with Gasteiger partial charge in [0.15, 0.2) is 0 Å². The van der Waals surface area contributed by atoms with Crippen molar-refractivity contribution in [3.8, 4) is 0 Å². The molecule has 0 bridgehead atoms. The molecule has 1 N–H and O–H groups in total. The summed E-state index contributed by atoms with van der Waals surface area (Å²) in [6.07, 6.45) is 1.79. The SMILES string of the molecule is COCc1ccccc1NCc1ncc(Br)cc1Br. The lowest BCUT2D eigenvalue weighted by molar-refractivity contribution is 0.185. The molecule has 0 unspecified atom stereocenters. The third-order valence-electron chi connectivity index (χ3n) is 2.65. The van der Waals surface area contributed by atoms with Crippen molar-refractivity contribution >= 4 is 37.5 Å². The van der Waals surface area contributed by atoms with Crippen molar-refractivity contribution < 1.29 is 4.74 Å². The number of pyridine rings is 1. The minimum Gasteiger partial charge on any atom is -0.380 e. The highest BCUT2D eigenvalue weighted by molar-refractivity contribution is 9.11. The first-order valence-electron chi connectivity index (χ1n) is 5.81. The van der Waals surface area contributed by atoms with Crippen LogP contribution in [0.4, 0.5) is 5.69 Å². The Morgan fingerprint density at radius 2 is 2.05 bits per heavy atom. The highest BCUT2D eigenvalue weighted by Gasteiger charge is 2.05. The van der Waals surface area contributed by atoms with E-state index in [0.717, 1.165) is 25.9 Å². The third kappa shape index (κ3) is 4.03. The summed E-state index contributed by atoms with van der Waals surface area (Å²) in [5.74, 6) is 0. The lowest BCUT2D eigenvalue weighted by atomic mass is 10.2. The summed E-state index contributed by atoms with van der Waals surface area (Å²) in [6, 6.07) is 10.1. The molecule has 0 radical (unpaired) electrons. The number of ether oxygens (including phenoxy) is 1. The summed E-state index contributed by atoms with van der Waals surface area (Å²) in [4.78, 5) is 4.38. The van der Waals surface area contributed by atoms with Crippen LogP contribution in [0, 0.1) is 0 Å². The van der Waals surface area contributed by atoms with Crippen LogP contribution >= 0.6 is 31.9 Å². The van der Waals surface area contributed by atoms with Gasteiger partial charge in [0, 0.05) is 33.5 Å². The van der Waals surface area contributed by atoms with Crippen LogP contribution in [0.2, 0.25) is 0 Å². The van der Waals surface area contributed by atoms with Gasteiger partial charge in [0.25, 0.3) is 0 Å². The Balaban J connectivity index is 2.10. The number of hydrogen-bond acceptors (Lipinski definition) is 3. The summed E-state index contributed by atoms with van der Waals surface area (Å²) >= 11 is 6.91. The Kier molecular flexibility index (Phi) is 5.36. The Morgan fingerprint density at radius 1 is 1.26 bits per heavy atom. The molecule has 0 fully saturated rings. The van der Waals surface area contributed by atoms with E-state index in [9.17, 15) is 0 Å². The highest BCUT2D eigenvalue weighted by atomic mass is 79.9. The summed E-state index contributed by atoms with van der Waals surface area (Å²) in [5, 5.41) is 3.39. The van der Waals surface area contributed by atoms with Gasteiger partial charge in [0.2, 0.25) is 0 Å². The van der Waals surface area contributed by atoms with E-state index in [4.69, 9.17) is 4.74 Å². The highest BCUT2D eigenvalue weighted by Crippen LogP contribution is 2.22. The second-order valence-corrected chi connectivity index (χ2v) is 5.80. The van der Waals surface area contributed by atoms with Crippen LogP contribution in [0.15, 0.2) is 45.5 Å². The molecule has 0 aliphatic carbocycles. The van der Waals surface area contributed by atoms with E-state index in [-0.39, 0.29) is 0 Å². The molecule has 0 saturated heterocycles. The van der Waals surface area contributed by atoms with Gasteiger partial charge < -0.3 is 10.1 Å². The van der Waals surface area contributed by atoms with E-state index in [1.165, 1.54) is 0 Å². The summed E-state index contributed by atoms with van der Waals surface area (Å²) in [7, 11) is 1.70. The zero-order valence-corrected chi connectivity index (χ0v) is 13.7. The number of hydrogen-bond donors (Lipinski definition) is 1. The second-order valence-electron chi connectivity index (χ2n) is 4.03. The maximum absolute atomic E-state index is 5.19. The van der Waals surface area contributed by atoms with Gasteiger partial charge >= 0.3 is 0 Å². The maximum atomic E-state index is 5.19. The minimum absolute atomic E-state index is 0.595. The van der Waals surface area contributed by atoms with E-state index in [1.807, 2.05) is 24.3 Å². The maximum Gasteiger partial charge on any atom is 0.0737 e. The molecule has 1 aromatic heterocycles. The molecular weight excluding hydrogens is 372 g/mol. The quantitative estimate of drug-likeness (QED) is 0.829. The summed E-state index contributed by atoms with van der Waals surface area (Å²) in [5.41, 5.74) is 3.18. The molecule has 1 heterocycles. The van der Waals surface area contributed by atoms with Crippen LogP contribution in [0.5, 0.6) is 0 Å². The number of para-hydroxylation sites is 1. The average molecular weight is 386 g/mol. The lowest BCUT2D eigenvalue weighted by Gasteiger charge is -2.12. The van der Waals surface area contributed by atoms with Gasteiger partial charge in [-0.3, -0.25) is 4.98 Å². The molecule has 3 nitrogen and oxygen atoms in total. The number of nitrogens with one attached hydrogen (secondary N) is 1. The van der Waals surface area contributed by atoms with E-state index in [0.29, 0.717) is 13.2 Å². The topological polar surface area (TPSA) is 34.1 Å². The fourth-order valence-electron chi connectivity index (χ4n) is 1.73. The van der Waals surface area contributed by atoms with Gasteiger partial charge in [-0.1, -0.05) is 18.2 Å². The first-order chi connectivity index (χ1) is 9.20. The van der Waals surface area contributed by atoms with Gasteiger partial charge in [0.1, 0.15) is 0 Å². The fourth-order valence-corrected chi connectivity index (χ4v) is 2.85. The minimum atomic E-state index is 0.595.